The lowest BCUT2D eigenvalue weighted by Crippen LogP contribution is -2.35. The fourth-order valence-electron chi connectivity index (χ4n) is 3.81. The number of fused-ring (bicyclic) bond motifs is 2. The van der Waals surface area contributed by atoms with Crippen LogP contribution in [0, 0.1) is 0 Å². The van der Waals surface area contributed by atoms with Crippen LogP contribution >= 0.6 is 0 Å². The molecule has 0 saturated heterocycles. The van der Waals surface area contributed by atoms with Crippen LogP contribution in [0.4, 0.5) is 11.5 Å². The lowest BCUT2D eigenvalue weighted by molar-refractivity contribution is -0.121. The number of hydrogen-bond donors (Lipinski definition) is 2. The van der Waals surface area contributed by atoms with E-state index in [1.54, 1.807) is 19.2 Å². The predicted octanol–water partition coefficient (Wildman–Crippen LogP) is 3.57. The van der Waals surface area contributed by atoms with Gasteiger partial charge in [0.2, 0.25) is 0 Å². The van der Waals surface area contributed by atoms with Crippen molar-refractivity contribution in [3.63, 3.8) is 0 Å². The number of carbonyl (C=O) groups is 1. The molecule has 1 aliphatic heterocycles. The number of hydrogen-bond acceptors (Lipinski definition) is 7. The number of ether oxygens (including phenoxy) is 2. The molecule has 1 amide bonds. The molecule has 3 heterocycles. The molecule has 0 atom stereocenters. The summed E-state index contributed by atoms with van der Waals surface area (Å²) in [6, 6.07) is 13.4. The summed E-state index contributed by atoms with van der Waals surface area (Å²) >= 11 is 0. The highest BCUT2D eigenvalue weighted by Crippen LogP contribution is 2.34. The highest BCUT2D eigenvalue weighted by Gasteiger charge is 2.25. The molecule has 180 valence electrons. The highest BCUT2D eigenvalue weighted by molar-refractivity contribution is 7.92. The first kappa shape index (κ1) is 22.7. The van der Waals surface area contributed by atoms with Crippen molar-refractivity contribution in [3.05, 3.63) is 54.7 Å². The molecule has 5 rings (SSSR count). The van der Waals surface area contributed by atoms with Crippen molar-refractivity contribution in [1.82, 2.24) is 15.2 Å². The van der Waals surface area contributed by atoms with Crippen molar-refractivity contribution in [2.24, 2.45) is 0 Å². The zero-order valence-corrected chi connectivity index (χ0v) is 20.1. The van der Waals surface area contributed by atoms with Crippen molar-refractivity contribution < 1.29 is 22.7 Å². The van der Waals surface area contributed by atoms with Crippen LogP contribution in [-0.2, 0) is 14.8 Å². The number of aromatic nitrogens is 3. The Hall–Kier alpha value is -4.12. The van der Waals surface area contributed by atoms with E-state index in [-0.39, 0.29) is 29.3 Å². The number of benzene rings is 2. The van der Waals surface area contributed by atoms with E-state index in [1.807, 2.05) is 32.0 Å². The van der Waals surface area contributed by atoms with E-state index >= 15 is 0 Å². The van der Waals surface area contributed by atoms with Gasteiger partial charge in [0.1, 0.15) is 23.0 Å². The quantitative estimate of drug-likeness (QED) is 0.420. The summed E-state index contributed by atoms with van der Waals surface area (Å²) in [5.41, 5.74) is 2.52. The SMILES string of the molecule is CC(C)Oc1ccc2[nH]nc(-c3ccnc(NS(=O)(=O)c4ccc5c(c4)N(C)C(=O)CO5)c3)c2c1. The molecule has 0 fully saturated rings. The highest BCUT2D eigenvalue weighted by atomic mass is 32.2. The second kappa shape index (κ2) is 8.58. The van der Waals surface area contributed by atoms with E-state index in [0.717, 1.165) is 10.9 Å². The Bertz CT molecular complexity index is 1550. The minimum absolute atomic E-state index is 0.0192. The smallest absolute Gasteiger partial charge is 0.264 e. The molecule has 2 aromatic heterocycles. The summed E-state index contributed by atoms with van der Waals surface area (Å²) in [5.74, 6) is 1.02. The van der Waals surface area contributed by atoms with Crippen LogP contribution in [0.5, 0.6) is 11.5 Å². The number of carbonyl (C=O) groups excluding carboxylic acids is 1. The number of aromatic amines is 1. The van der Waals surface area contributed by atoms with Crippen molar-refractivity contribution in [2.45, 2.75) is 24.8 Å². The first-order valence-corrected chi connectivity index (χ1v) is 12.4. The molecule has 11 heteroatoms. The Morgan fingerprint density at radius 1 is 1.14 bits per heavy atom. The molecule has 0 aliphatic carbocycles. The normalized spacial score (nSPS) is 13.6. The Labute approximate surface area is 201 Å². The number of nitrogens with zero attached hydrogens (tertiary/aromatic N) is 3. The van der Waals surface area contributed by atoms with E-state index < -0.39 is 10.0 Å². The van der Waals surface area contributed by atoms with Crippen LogP contribution in [-0.4, -0.2) is 49.3 Å². The molecular formula is C24H23N5O5S. The van der Waals surface area contributed by atoms with Gasteiger partial charge in [-0.1, -0.05) is 0 Å². The summed E-state index contributed by atoms with van der Waals surface area (Å²) < 4.78 is 39.9. The monoisotopic (exact) mass is 493 g/mol. The van der Waals surface area contributed by atoms with Gasteiger partial charge in [0.05, 0.1) is 22.2 Å². The van der Waals surface area contributed by atoms with Crippen LogP contribution in [0.2, 0.25) is 0 Å². The lowest BCUT2D eigenvalue weighted by atomic mass is 10.1. The number of anilines is 2. The van der Waals surface area contributed by atoms with Crippen LogP contribution in [0.3, 0.4) is 0 Å². The van der Waals surface area contributed by atoms with E-state index in [0.29, 0.717) is 28.4 Å². The van der Waals surface area contributed by atoms with Crippen LogP contribution in [0.25, 0.3) is 22.2 Å². The fourth-order valence-corrected chi connectivity index (χ4v) is 4.83. The fraction of sp³-hybridized carbons (Fsp3) is 0.208. The first-order valence-electron chi connectivity index (χ1n) is 10.9. The zero-order valence-electron chi connectivity index (χ0n) is 19.3. The number of likely N-dealkylation sites (N-methyl/N-ethyl adjacent to an activating group) is 1. The Balaban J connectivity index is 1.46. The molecule has 0 saturated carbocycles. The molecule has 2 N–H and O–H groups in total. The summed E-state index contributed by atoms with van der Waals surface area (Å²) in [7, 11) is -2.42. The molecule has 10 nitrogen and oxygen atoms in total. The summed E-state index contributed by atoms with van der Waals surface area (Å²) in [6.07, 6.45) is 1.53. The van der Waals surface area contributed by atoms with Crippen LogP contribution in [0.1, 0.15) is 13.8 Å². The van der Waals surface area contributed by atoms with E-state index in [1.165, 1.54) is 29.3 Å². The Morgan fingerprint density at radius 3 is 2.77 bits per heavy atom. The average Bonchev–Trinajstić information content (AvgIpc) is 3.24. The van der Waals surface area contributed by atoms with Crippen molar-refractivity contribution in [1.29, 1.82) is 0 Å². The predicted molar refractivity (Wildman–Crippen MR) is 131 cm³/mol. The number of sulfonamides is 1. The molecule has 2 aromatic carbocycles. The van der Waals surface area contributed by atoms with Gasteiger partial charge < -0.3 is 14.4 Å². The van der Waals surface area contributed by atoms with Crippen LogP contribution in [0.15, 0.2) is 59.6 Å². The van der Waals surface area contributed by atoms with Gasteiger partial charge in [-0.3, -0.25) is 14.6 Å². The molecule has 0 spiro atoms. The van der Waals surface area contributed by atoms with Gasteiger partial charge in [-0.2, -0.15) is 5.10 Å². The molecule has 35 heavy (non-hydrogen) atoms. The van der Waals surface area contributed by atoms with Crippen molar-refractivity contribution in [2.75, 3.05) is 23.3 Å². The minimum atomic E-state index is -3.99. The standard InChI is InChI=1S/C24H23N5O5S/c1-14(2)34-16-4-6-19-18(11-16)24(27-26-19)15-8-9-25-22(10-15)28-35(31,32)17-5-7-21-20(12-17)29(3)23(30)13-33-21/h4-12,14H,13H2,1-3H3,(H,25,28)(H,26,27). The molecule has 0 bridgehead atoms. The van der Waals surface area contributed by atoms with Gasteiger partial charge in [0.25, 0.3) is 15.9 Å². The average molecular weight is 494 g/mol. The zero-order chi connectivity index (χ0) is 24.7. The second-order valence-electron chi connectivity index (χ2n) is 8.35. The third-order valence-corrected chi connectivity index (χ3v) is 6.86. The minimum Gasteiger partial charge on any atom is -0.491 e. The number of pyridine rings is 1. The van der Waals surface area contributed by atoms with Gasteiger partial charge in [-0.15, -0.1) is 0 Å². The Kier molecular flexibility index (Phi) is 5.56. The maximum absolute atomic E-state index is 13.1. The summed E-state index contributed by atoms with van der Waals surface area (Å²) in [4.78, 5) is 17.5. The third kappa shape index (κ3) is 4.37. The van der Waals surface area contributed by atoms with Crippen LogP contribution < -0.4 is 19.1 Å². The topological polar surface area (TPSA) is 127 Å². The lowest BCUT2D eigenvalue weighted by Gasteiger charge is -2.26. The molecule has 4 aromatic rings. The Morgan fingerprint density at radius 2 is 1.97 bits per heavy atom. The maximum atomic E-state index is 13.1. The van der Waals surface area contributed by atoms with Gasteiger partial charge in [-0.05, 0) is 62.4 Å². The maximum Gasteiger partial charge on any atom is 0.264 e. The summed E-state index contributed by atoms with van der Waals surface area (Å²) in [5, 5.41) is 8.24. The van der Waals surface area contributed by atoms with Crippen molar-refractivity contribution in [3.8, 4) is 22.8 Å². The van der Waals surface area contributed by atoms with Gasteiger partial charge in [0.15, 0.2) is 6.61 Å². The third-order valence-electron chi connectivity index (χ3n) is 5.51. The largest absolute Gasteiger partial charge is 0.491 e. The number of H-pyrrole nitrogens is 1. The molecule has 0 radical (unpaired) electrons. The van der Waals surface area contributed by atoms with Gasteiger partial charge in [0, 0.05) is 24.2 Å². The first-order chi connectivity index (χ1) is 16.7. The summed E-state index contributed by atoms with van der Waals surface area (Å²) in [6.45, 7) is 3.82. The molecule has 1 aliphatic rings. The number of rotatable bonds is 6. The van der Waals surface area contributed by atoms with Gasteiger partial charge in [-0.25, -0.2) is 13.4 Å². The van der Waals surface area contributed by atoms with E-state index in [2.05, 4.69) is 19.9 Å². The van der Waals surface area contributed by atoms with Gasteiger partial charge >= 0.3 is 0 Å². The molecule has 0 unspecified atom stereocenters. The molecular weight excluding hydrogens is 470 g/mol. The van der Waals surface area contributed by atoms with E-state index in [9.17, 15) is 13.2 Å². The van der Waals surface area contributed by atoms with Crippen molar-refractivity contribution >= 4 is 38.3 Å². The number of amides is 1. The second-order valence-corrected chi connectivity index (χ2v) is 10.0. The van der Waals surface area contributed by atoms with E-state index in [4.69, 9.17) is 9.47 Å². The number of nitrogens with one attached hydrogen (secondary N) is 2.